The second kappa shape index (κ2) is 6.31. The molecule has 5 heteroatoms. The highest BCUT2D eigenvalue weighted by Crippen LogP contribution is 2.34. The van der Waals surface area contributed by atoms with E-state index in [9.17, 15) is 13.2 Å². The van der Waals surface area contributed by atoms with Crippen LogP contribution in [0, 0.1) is 6.92 Å². The summed E-state index contributed by atoms with van der Waals surface area (Å²) in [5.41, 5.74) is 7.18. The molecule has 0 aliphatic carbocycles. The number of nitrogens with two attached hydrogens (primary N) is 1. The zero-order valence-corrected chi connectivity index (χ0v) is 10.4. The summed E-state index contributed by atoms with van der Waals surface area (Å²) in [5, 5.41) is -1.37. The minimum absolute atomic E-state index is 0.0278. The van der Waals surface area contributed by atoms with Crippen LogP contribution in [0.3, 0.4) is 0 Å². The Kier molecular flexibility index (Phi) is 5.33. The van der Waals surface area contributed by atoms with Crippen molar-refractivity contribution < 1.29 is 13.2 Å². The topological polar surface area (TPSA) is 26.0 Å². The molecule has 0 aliphatic rings. The van der Waals surface area contributed by atoms with E-state index in [0.29, 0.717) is 5.75 Å². The molecule has 0 bridgehead atoms. The lowest BCUT2D eigenvalue weighted by Gasteiger charge is -2.19. The van der Waals surface area contributed by atoms with Crippen LogP contribution < -0.4 is 5.73 Å². The third-order valence-corrected chi connectivity index (χ3v) is 3.73. The Labute approximate surface area is 104 Å². The molecule has 1 unspecified atom stereocenters. The molecule has 0 spiro atoms. The molecule has 96 valence electrons. The average Bonchev–Trinajstić information content (AvgIpc) is 2.22. The van der Waals surface area contributed by atoms with Crippen molar-refractivity contribution in [3.63, 3.8) is 0 Å². The SMILES string of the molecule is Cc1cccc(CSC(CCN)C(F)(F)F)c1. The Morgan fingerprint density at radius 1 is 1.35 bits per heavy atom. The van der Waals surface area contributed by atoms with Gasteiger partial charge >= 0.3 is 6.18 Å². The van der Waals surface area contributed by atoms with Gasteiger partial charge in [0.05, 0.1) is 0 Å². The minimum Gasteiger partial charge on any atom is -0.330 e. The maximum absolute atomic E-state index is 12.6. The molecule has 1 rings (SSSR count). The first kappa shape index (κ1) is 14.4. The maximum Gasteiger partial charge on any atom is 0.400 e. The highest BCUT2D eigenvalue weighted by Gasteiger charge is 2.39. The van der Waals surface area contributed by atoms with Gasteiger partial charge in [-0.25, -0.2) is 0 Å². The molecule has 1 atom stereocenters. The fourth-order valence-electron chi connectivity index (χ4n) is 1.49. The van der Waals surface area contributed by atoms with E-state index in [0.717, 1.165) is 22.9 Å². The lowest BCUT2D eigenvalue weighted by molar-refractivity contribution is -0.129. The van der Waals surface area contributed by atoms with Crippen molar-refractivity contribution in [2.75, 3.05) is 6.54 Å². The first-order valence-corrected chi connectivity index (χ1v) is 6.42. The van der Waals surface area contributed by atoms with Gasteiger partial charge in [0, 0.05) is 5.75 Å². The fraction of sp³-hybridized carbons (Fsp3) is 0.500. The van der Waals surface area contributed by atoms with E-state index in [-0.39, 0.29) is 13.0 Å². The largest absolute Gasteiger partial charge is 0.400 e. The molecule has 0 aliphatic heterocycles. The molecule has 1 nitrogen and oxygen atoms in total. The molecular weight excluding hydrogens is 247 g/mol. The number of rotatable bonds is 5. The smallest absolute Gasteiger partial charge is 0.330 e. The Morgan fingerprint density at radius 3 is 2.59 bits per heavy atom. The summed E-state index contributed by atoms with van der Waals surface area (Å²) in [4.78, 5) is 0. The number of hydrogen-bond donors (Lipinski definition) is 1. The number of hydrogen-bond acceptors (Lipinski definition) is 2. The van der Waals surface area contributed by atoms with Gasteiger partial charge in [-0.1, -0.05) is 29.8 Å². The van der Waals surface area contributed by atoms with Gasteiger partial charge in [0.25, 0.3) is 0 Å². The van der Waals surface area contributed by atoms with Crippen molar-refractivity contribution in [1.29, 1.82) is 0 Å². The first-order chi connectivity index (χ1) is 7.93. The molecule has 0 saturated carbocycles. The Hall–Kier alpha value is -0.680. The predicted molar refractivity (Wildman–Crippen MR) is 66.0 cm³/mol. The van der Waals surface area contributed by atoms with Gasteiger partial charge in [0.15, 0.2) is 0 Å². The van der Waals surface area contributed by atoms with Gasteiger partial charge in [-0.05, 0) is 25.5 Å². The van der Waals surface area contributed by atoms with Crippen LogP contribution in [-0.4, -0.2) is 18.0 Å². The van der Waals surface area contributed by atoms with E-state index >= 15 is 0 Å². The molecular formula is C12H16F3NS. The second-order valence-electron chi connectivity index (χ2n) is 3.91. The van der Waals surface area contributed by atoms with Crippen LogP contribution in [0.25, 0.3) is 0 Å². The van der Waals surface area contributed by atoms with Crippen molar-refractivity contribution in [1.82, 2.24) is 0 Å². The second-order valence-corrected chi connectivity index (χ2v) is 5.10. The highest BCUT2D eigenvalue weighted by molar-refractivity contribution is 7.99. The summed E-state index contributed by atoms with van der Waals surface area (Å²) < 4.78 is 37.8. The van der Waals surface area contributed by atoms with Crippen molar-refractivity contribution in [2.45, 2.75) is 30.5 Å². The Bertz CT molecular complexity index is 352. The van der Waals surface area contributed by atoms with Crippen molar-refractivity contribution in [2.24, 2.45) is 5.73 Å². The molecule has 0 aromatic heterocycles. The summed E-state index contributed by atoms with van der Waals surface area (Å²) in [6.07, 6.45) is -4.20. The third kappa shape index (κ3) is 5.00. The van der Waals surface area contributed by atoms with Gasteiger partial charge in [-0.3, -0.25) is 0 Å². The summed E-state index contributed by atoms with van der Waals surface area (Å²) in [6, 6.07) is 7.53. The monoisotopic (exact) mass is 263 g/mol. The van der Waals surface area contributed by atoms with E-state index < -0.39 is 11.4 Å². The quantitative estimate of drug-likeness (QED) is 0.879. The van der Waals surface area contributed by atoms with Crippen LogP contribution in [0.1, 0.15) is 17.5 Å². The number of aryl methyl sites for hydroxylation is 1. The molecule has 0 amide bonds. The van der Waals surface area contributed by atoms with E-state index in [1.54, 1.807) is 0 Å². The van der Waals surface area contributed by atoms with Crippen LogP contribution >= 0.6 is 11.8 Å². The van der Waals surface area contributed by atoms with Crippen LogP contribution in [0.5, 0.6) is 0 Å². The summed E-state index contributed by atoms with van der Waals surface area (Å²) in [6.45, 7) is 1.99. The normalized spacial score (nSPS) is 13.7. The molecule has 0 fully saturated rings. The molecule has 17 heavy (non-hydrogen) atoms. The Morgan fingerprint density at radius 2 is 2.06 bits per heavy atom. The lowest BCUT2D eigenvalue weighted by atomic mass is 10.2. The van der Waals surface area contributed by atoms with Crippen LogP contribution in [0.15, 0.2) is 24.3 Å². The Balaban J connectivity index is 2.58. The van der Waals surface area contributed by atoms with E-state index in [4.69, 9.17) is 5.73 Å². The van der Waals surface area contributed by atoms with Gasteiger partial charge in [0.2, 0.25) is 0 Å². The predicted octanol–water partition coefficient (Wildman–Crippen LogP) is 3.51. The van der Waals surface area contributed by atoms with Crippen LogP contribution in [-0.2, 0) is 5.75 Å². The lowest BCUT2D eigenvalue weighted by Crippen LogP contribution is -2.28. The zero-order chi connectivity index (χ0) is 12.9. The summed E-state index contributed by atoms with van der Waals surface area (Å²) >= 11 is 0.910. The minimum atomic E-state index is -4.17. The number of thioether (sulfide) groups is 1. The maximum atomic E-state index is 12.6. The molecule has 1 aromatic rings. The van der Waals surface area contributed by atoms with E-state index in [1.165, 1.54) is 0 Å². The van der Waals surface area contributed by atoms with Gasteiger partial charge in [-0.15, -0.1) is 11.8 Å². The van der Waals surface area contributed by atoms with Gasteiger partial charge in [-0.2, -0.15) is 13.2 Å². The standard InChI is InChI=1S/C12H16F3NS/c1-9-3-2-4-10(7-9)8-17-11(5-6-16)12(13,14)15/h2-4,7,11H,5-6,8,16H2,1H3. The zero-order valence-electron chi connectivity index (χ0n) is 9.63. The van der Waals surface area contributed by atoms with Crippen molar-refractivity contribution >= 4 is 11.8 Å². The van der Waals surface area contributed by atoms with Crippen molar-refractivity contribution in [3.8, 4) is 0 Å². The van der Waals surface area contributed by atoms with E-state index in [1.807, 2.05) is 31.2 Å². The molecule has 0 saturated heterocycles. The number of halogens is 3. The summed E-state index contributed by atoms with van der Waals surface area (Å²) in [7, 11) is 0. The van der Waals surface area contributed by atoms with Gasteiger partial charge < -0.3 is 5.73 Å². The number of alkyl halides is 3. The average molecular weight is 263 g/mol. The molecule has 1 aromatic carbocycles. The number of benzene rings is 1. The summed E-state index contributed by atoms with van der Waals surface area (Å²) in [5.74, 6) is 0.367. The van der Waals surface area contributed by atoms with Gasteiger partial charge in [0.1, 0.15) is 5.25 Å². The first-order valence-electron chi connectivity index (χ1n) is 5.37. The third-order valence-electron chi connectivity index (χ3n) is 2.33. The van der Waals surface area contributed by atoms with Crippen LogP contribution in [0.4, 0.5) is 13.2 Å². The molecule has 0 radical (unpaired) electrons. The fourth-order valence-corrected chi connectivity index (χ4v) is 2.56. The molecule has 2 N–H and O–H groups in total. The molecule has 0 heterocycles. The van der Waals surface area contributed by atoms with Crippen molar-refractivity contribution in [3.05, 3.63) is 35.4 Å². The van der Waals surface area contributed by atoms with E-state index in [2.05, 4.69) is 0 Å². The highest BCUT2D eigenvalue weighted by atomic mass is 32.2. The van der Waals surface area contributed by atoms with Crippen LogP contribution in [0.2, 0.25) is 0 Å².